The highest BCUT2D eigenvalue weighted by Gasteiger charge is 2.52. The number of alkyl halides is 2. The molecule has 1 fully saturated rings. The van der Waals surface area contributed by atoms with Crippen molar-refractivity contribution in [2.75, 3.05) is 13.2 Å². The Balaban J connectivity index is 1.70. The van der Waals surface area contributed by atoms with E-state index in [1.807, 2.05) is 0 Å². The zero-order valence-corrected chi connectivity index (χ0v) is 12.6. The van der Waals surface area contributed by atoms with E-state index in [1.54, 1.807) is 24.3 Å². The number of amides is 1. The van der Waals surface area contributed by atoms with Gasteiger partial charge < -0.3 is 10.1 Å². The molecule has 0 aromatic heterocycles. The van der Waals surface area contributed by atoms with Gasteiger partial charge >= 0.3 is 5.97 Å². The van der Waals surface area contributed by atoms with Crippen LogP contribution in [0.3, 0.4) is 0 Å². The highest BCUT2D eigenvalue weighted by Crippen LogP contribution is 2.53. The van der Waals surface area contributed by atoms with Gasteiger partial charge in [0.2, 0.25) is 0 Å². The van der Waals surface area contributed by atoms with Crippen molar-refractivity contribution in [1.29, 1.82) is 0 Å². The van der Waals surface area contributed by atoms with Crippen molar-refractivity contribution in [3.05, 3.63) is 34.9 Å². The first-order valence-corrected chi connectivity index (χ1v) is 7.09. The first-order valence-electron chi connectivity index (χ1n) is 5.96. The standard InChI is InChI=1S/C13H12Cl3NO3/c14-10-3-1-8(2-4-10)12(19)17-6-11(18)20-7-9-5-13(9,15)16/h1-4,9H,5-7H2,(H,17,19)/t9-/m0/s1. The van der Waals surface area contributed by atoms with E-state index < -0.39 is 10.3 Å². The number of carbonyl (C=O) groups is 2. The van der Waals surface area contributed by atoms with Crippen LogP contribution >= 0.6 is 34.8 Å². The second-order valence-electron chi connectivity index (χ2n) is 4.53. The van der Waals surface area contributed by atoms with E-state index in [9.17, 15) is 9.59 Å². The summed E-state index contributed by atoms with van der Waals surface area (Å²) in [5.74, 6) is -0.917. The minimum Gasteiger partial charge on any atom is -0.464 e. The fourth-order valence-electron chi connectivity index (χ4n) is 1.55. The van der Waals surface area contributed by atoms with Crippen molar-refractivity contribution in [2.24, 2.45) is 5.92 Å². The van der Waals surface area contributed by atoms with Gasteiger partial charge in [-0.05, 0) is 30.7 Å². The van der Waals surface area contributed by atoms with Crippen LogP contribution in [-0.4, -0.2) is 29.4 Å². The molecular formula is C13H12Cl3NO3. The Bertz CT molecular complexity index is 516. The van der Waals surface area contributed by atoms with Gasteiger partial charge in [-0.1, -0.05) is 11.6 Å². The fraction of sp³-hybridized carbons (Fsp3) is 0.385. The molecule has 108 valence electrons. The second kappa shape index (κ2) is 6.20. The van der Waals surface area contributed by atoms with Crippen molar-refractivity contribution in [3.63, 3.8) is 0 Å². The molecule has 1 aromatic rings. The van der Waals surface area contributed by atoms with Crippen LogP contribution in [0.5, 0.6) is 0 Å². The molecule has 1 aliphatic carbocycles. The van der Waals surface area contributed by atoms with Crippen molar-refractivity contribution in [3.8, 4) is 0 Å². The summed E-state index contributed by atoms with van der Waals surface area (Å²) >= 11 is 17.3. The Kier molecular flexibility index (Phi) is 4.78. The van der Waals surface area contributed by atoms with Crippen molar-refractivity contribution >= 4 is 46.7 Å². The number of halogens is 3. The van der Waals surface area contributed by atoms with Gasteiger partial charge in [-0.15, -0.1) is 23.2 Å². The predicted octanol–water partition coefficient (Wildman–Crippen LogP) is 2.81. The lowest BCUT2D eigenvalue weighted by molar-refractivity contribution is -0.142. The zero-order valence-electron chi connectivity index (χ0n) is 10.4. The molecule has 7 heteroatoms. The van der Waals surface area contributed by atoms with Gasteiger partial charge in [0, 0.05) is 16.5 Å². The molecule has 1 saturated carbocycles. The number of rotatable bonds is 5. The predicted molar refractivity (Wildman–Crippen MR) is 77.3 cm³/mol. The van der Waals surface area contributed by atoms with E-state index in [-0.39, 0.29) is 25.0 Å². The summed E-state index contributed by atoms with van der Waals surface area (Å²) in [6.45, 7) is -0.0333. The first-order chi connectivity index (χ1) is 9.38. The molecule has 1 aliphatic rings. The third-order valence-corrected chi connectivity index (χ3v) is 4.08. The second-order valence-corrected chi connectivity index (χ2v) is 6.51. The monoisotopic (exact) mass is 335 g/mol. The molecule has 4 nitrogen and oxygen atoms in total. The number of carbonyl (C=O) groups excluding carboxylic acids is 2. The summed E-state index contributed by atoms with van der Waals surface area (Å²) in [7, 11) is 0. The van der Waals surface area contributed by atoms with E-state index in [4.69, 9.17) is 39.5 Å². The summed E-state index contributed by atoms with van der Waals surface area (Å²) in [4.78, 5) is 23.1. The molecule has 1 N–H and O–H groups in total. The Morgan fingerprint density at radius 2 is 1.90 bits per heavy atom. The van der Waals surface area contributed by atoms with Crippen LogP contribution in [0.2, 0.25) is 5.02 Å². The Morgan fingerprint density at radius 3 is 2.45 bits per heavy atom. The molecule has 20 heavy (non-hydrogen) atoms. The third-order valence-electron chi connectivity index (χ3n) is 2.90. The Hall–Kier alpha value is -0.970. The van der Waals surface area contributed by atoms with Crippen LogP contribution in [0.25, 0.3) is 0 Å². The van der Waals surface area contributed by atoms with Crippen molar-refractivity contribution in [2.45, 2.75) is 10.8 Å². The molecule has 1 amide bonds. The molecule has 0 aliphatic heterocycles. The molecule has 0 unspecified atom stereocenters. The number of nitrogens with one attached hydrogen (secondary N) is 1. The lowest BCUT2D eigenvalue weighted by Crippen LogP contribution is -2.31. The maximum absolute atomic E-state index is 11.7. The number of ether oxygens (including phenoxy) is 1. The SMILES string of the molecule is O=C(CNC(=O)c1ccc(Cl)cc1)OC[C@@H]1CC1(Cl)Cl. The average molecular weight is 337 g/mol. The highest BCUT2D eigenvalue weighted by molar-refractivity contribution is 6.50. The van der Waals surface area contributed by atoms with Gasteiger partial charge in [0.15, 0.2) is 0 Å². The number of hydrogen-bond donors (Lipinski definition) is 1. The smallest absolute Gasteiger partial charge is 0.325 e. The third kappa shape index (κ3) is 4.27. The molecular weight excluding hydrogens is 325 g/mol. The van der Waals surface area contributed by atoms with E-state index in [0.29, 0.717) is 17.0 Å². The van der Waals surface area contributed by atoms with E-state index in [0.717, 1.165) is 0 Å². The van der Waals surface area contributed by atoms with Gasteiger partial charge in [-0.2, -0.15) is 0 Å². The molecule has 2 rings (SSSR count). The average Bonchev–Trinajstić information content (AvgIpc) is 3.02. The molecule has 0 radical (unpaired) electrons. The number of esters is 1. The number of hydrogen-bond acceptors (Lipinski definition) is 3. The van der Waals surface area contributed by atoms with Gasteiger partial charge in [-0.3, -0.25) is 9.59 Å². The minimum atomic E-state index is -0.771. The maximum atomic E-state index is 11.7. The summed E-state index contributed by atoms with van der Waals surface area (Å²) in [6.07, 6.45) is 0.612. The normalized spacial score (nSPS) is 19.2. The maximum Gasteiger partial charge on any atom is 0.325 e. The lowest BCUT2D eigenvalue weighted by Gasteiger charge is -2.06. The van der Waals surface area contributed by atoms with Gasteiger partial charge in [0.05, 0.1) is 6.61 Å². The van der Waals surface area contributed by atoms with E-state index >= 15 is 0 Å². The lowest BCUT2D eigenvalue weighted by atomic mass is 10.2. The fourth-order valence-corrected chi connectivity index (χ4v) is 2.18. The first kappa shape index (κ1) is 15.4. The van der Waals surface area contributed by atoms with Crippen LogP contribution < -0.4 is 5.32 Å². The molecule has 0 saturated heterocycles. The largest absolute Gasteiger partial charge is 0.464 e. The summed E-state index contributed by atoms with van der Waals surface area (Å²) in [5, 5.41) is 3.00. The van der Waals surface area contributed by atoms with Gasteiger partial charge in [-0.25, -0.2) is 0 Å². The van der Waals surface area contributed by atoms with E-state index in [2.05, 4.69) is 5.32 Å². The Labute approximate surface area is 131 Å². The zero-order chi connectivity index (χ0) is 14.8. The van der Waals surface area contributed by atoms with Gasteiger partial charge in [0.1, 0.15) is 10.9 Å². The van der Waals surface area contributed by atoms with Crippen LogP contribution in [-0.2, 0) is 9.53 Å². The van der Waals surface area contributed by atoms with Crippen LogP contribution in [0.4, 0.5) is 0 Å². The molecule has 0 spiro atoms. The molecule has 1 aromatic carbocycles. The Morgan fingerprint density at radius 1 is 1.30 bits per heavy atom. The quantitative estimate of drug-likeness (QED) is 0.664. The molecule has 1 atom stereocenters. The number of benzene rings is 1. The topological polar surface area (TPSA) is 55.4 Å². The minimum absolute atomic E-state index is 0.0262. The van der Waals surface area contributed by atoms with Crippen LogP contribution in [0.15, 0.2) is 24.3 Å². The summed E-state index contributed by atoms with van der Waals surface area (Å²) < 4.78 is 4.19. The summed E-state index contributed by atoms with van der Waals surface area (Å²) in [5.41, 5.74) is 0.421. The summed E-state index contributed by atoms with van der Waals surface area (Å²) in [6, 6.07) is 6.34. The van der Waals surface area contributed by atoms with Crippen molar-refractivity contribution in [1.82, 2.24) is 5.32 Å². The van der Waals surface area contributed by atoms with E-state index in [1.165, 1.54) is 0 Å². The van der Waals surface area contributed by atoms with Crippen LogP contribution in [0, 0.1) is 5.92 Å². The van der Waals surface area contributed by atoms with Crippen LogP contribution in [0.1, 0.15) is 16.8 Å². The molecule has 0 heterocycles. The highest BCUT2D eigenvalue weighted by atomic mass is 35.5. The molecule has 0 bridgehead atoms. The van der Waals surface area contributed by atoms with Gasteiger partial charge in [0.25, 0.3) is 5.91 Å². The van der Waals surface area contributed by atoms with Crippen molar-refractivity contribution < 1.29 is 14.3 Å².